The lowest BCUT2D eigenvalue weighted by atomic mass is 10.0. The van der Waals surface area contributed by atoms with Gasteiger partial charge in [-0.3, -0.25) is 4.79 Å². The van der Waals surface area contributed by atoms with Gasteiger partial charge in [-0.1, -0.05) is 6.92 Å². The zero-order chi connectivity index (χ0) is 14.8. The minimum atomic E-state index is -4.81. The average Bonchev–Trinajstić information content (AvgIpc) is 2.28. The van der Waals surface area contributed by atoms with E-state index >= 15 is 0 Å². The van der Waals surface area contributed by atoms with Gasteiger partial charge in [-0.15, -0.1) is 0 Å². The number of carbonyl (C=O) groups is 1. The second kappa shape index (κ2) is 5.56. The highest BCUT2D eigenvalue weighted by molar-refractivity contribution is 5.92. The van der Waals surface area contributed by atoms with E-state index in [1.54, 1.807) is 13.8 Å². The molecule has 2 atom stereocenters. The second-order valence-electron chi connectivity index (χ2n) is 4.33. The standard InChI is InChI=1S/C12H14F4N2O/c1-6(7(2)17)11(19)18-8-3-4-10(13)9(5-8)12(14,15)16/h3-7H,17H2,1-2H3,(H,18,19). The number of alkyl halides is 3. The van der Waals surface area contributed by atoms with Gasteiger partial charge in [0.15, 0.2) is 0 Å². The van der Waals surface area contributed by atoms with Gasteiger partial charge >= 0.3 is 6.18 Å². The highest BCUT2D eigenvalue weighted by atomic mass is 19.4. The normalized spacial score (nSPS) is 14.9. The third-order valence-electron chi connectivity index (χ3n) is 2.74. The van der Waals surface area contributed by atoms with E-state index in [-0.39, 0.29) is 5.69 Å². The molecule has 1 rings (SSSR count). The number of rotatable bonds is 3. The molecular formula is C12H14F4N2O. The second-order valence-corrected chi connectivity index (χ2v) is 4.33. The minimum absolute atomic E-state index is 0.119. The molecule has 0 saturated heterocycles. The van der Waals surface area contributed by atoms with Crippen LogP contribution in [0.25, 0.3) is 0 Å². The molecule has 19 heavy (non-hydrogen) atoms. The molecule has 7 heteroatoms. The lowest BCUT2D eigenvalue weighted by Gasteiger charge is -2.16. The Labute approximate surface area is 107 Å². The van der Waals surface area contributed by atoms with Crippen molar-refractivity contribution >= 4 is 11.6 Å². The van der Waals surface area contributed by atoms with Crippen LogP contribution in [0.1, 0.15) is 19.4 Å². The average molecular weight is 278 g/mol. The minimum Gasteiger partial charge on any atom is -0.327 e. The molecule has 0 aliphatic carbocycles. The van der Waals surface area contributed by atoms with Crippen LogP contribution in [0.15, 0.2) is 18.2 Å². The first-order chi connectivity index (χ1) is 8.62. The van der Waals surface area contributed by atoms with Gasteiger partial charge in [-0.25, -0.2) is 4.39 Å². The van der Waals surface area contributed by atoms with Crippen molar-refractivity contribution in [3.63, 3.8) is 0 Å². The molecular weight excluding hydrogens is 264 g/mol. The number of hydrogen-bond acceptors (Lipinski definition) is 2. The Morgan fingerprint density at radius 1 is 1.32 bits per heavy atom. The fraction of sp³-hybridized carbons (Fsp3) is 0.417. The summed E-state index contributed by atoms with van der Waals surface area (Å²) in [5.41, 5.74) is 3.98. The summed E-state index contributed by atoms with van der Waals surface area (Å²) in [6.45, 7) is 3.16. The van der Waals surface area contributed by atoms with Gasteiger partial charge < -0.3 is 11.1 Å². The number of halogens is 4. The monoisotopic (exact) mass is 278 g/mol. The van der Waals surface area contributed by atoms with Gasteiger partial charge in [-0.05, 0) is 25.1 Å². The third kappa shape index (κ3) is 3.92. The van der Waals surface area contributed by atoms with E-state index in [2.05, 4.69) is 5.32 Å². The van der Waals surface area contributed by atoms with Crippen molar-refractivity contribution in [2.75, 3.05) is 5.32 Å². The highest BCUT2D eigenvalue weighted by Gasteiger charge is 2.34. The topological polar surface area (TPSA) is 55.1 Å². The van der Waals surface area contributed by atoms with E-state index < -0.39 is 35.4 Å². The van der Waals surface area contributed by atoms with Gasteiger partial charge in [0.05, 0.1) is 11.5 Å². The largest absolute Gasteiger partial charge is 0.419 e. The third-order valence-corrected chi connectivity index (χ3v) is 2.74. The van der Waals surface area contributed by atoms with Crippen molar-refractivity contribution < 1.29 is 22.4 Å². The van der Waals surface area contributed by atoms with Crippen LogP contribution in [-0.4, -0.2) is 11.9 Å². The molecule has 0 radical (unpaired) electrons. The van der Waals surface area contributed by atoms with Crippen LogP contribution in [-0.2, 0) is 11.0 Å². The summed E-state index contributed by atoms with van der Waals surface area (Å²) >= 11 is 0. The number of nitrogens with one attached hydrogen (secondary N) is 1. The van der Waals surface area contributed by atoms with E-state index in [4.69, 9.17) is 5.73 Å². The van der Waals surface area contributed by atoms with Crippen molar-refractivity contribution in [1.29, 1.82) is 0 Å². The van der Waals surface area contributed by atoms with Crippen LogP contribution < -0.4 is 11.1 Å². The van der Waals surface area contributed by atoms with Crippen LogP contribution in [0.5, 0.6) is 0 Å². The SMILES string of the molecule is CC(N)C(C)C(=O)Nc1ccc(F)c(C(F)(F)F)c1. The van der Waals surface area contributed by atoms with E-state index in [9.17, 15) is 22.4 Å². The lowest BCUT2D eigenvalue weighted by Crippen LogP contribution is -2.34. The van der Waals surface area contributed by atoms with Crippen molar-refractivity contribution in [2.24, 2.45) is 11.7 Å². The van der Waals surface area contributed by atoms with Crippen LogP contribution in [0.3, 0.4) is 0 Å². The Bertz CT molecular complexity index is 471. The number of hydrogen-bond donors (Lipinski definition) is 2. The zero-order valence-corrected chi connectivity index (χ0v) is 10.4. The summed E-state index contributed by atoms with van der Waals surface area (Å²) < 4.78 is 50.5. The van der Waals surface area contributed by atoms with Crippen LogP contribution in [0, 0.1) is 11.7 Å². The Kier molecular flexibility index (Phi) is 4.52. The quantitative estimate of drug-likeness (QED) is 0.835. The predicted octanol–water partition coefficient (Wildman–Crippen LogP) is 2.77. The number of nitrogens with two attached hydrogens (primary N) is 1. The maximum Gasteiger partial charge on any atom is 0.419 e. The molecule has 0 spiro atoms. The van der Waals surface area contributed by atoms with Crippen molar-refractivity contribution in [1.82, 2.24) is 0 Å². The molecule has 2 unspecified atom stereocenters. The molecule has 0 fully saturated rings. The summed E-state index contributed by atoms with van der Waals surface area (Å²) in [5.74, 6) is -2.47. The number of benzene rings is 1. The molecule has 3 N–H and O–H groups in total. The Morgan fingerprint density at radius 2 is 1.89 bits per heavy atom. The predicted molar refractivity (Wildman–Crippen MR) is 62.8 cm³/mol. The maximum atomic E-state index is 13.0. The molecule has 3 nitrogen and oxygen atoms in total. The van der Waals surface area contributed by atoms with Gasteiger partial charge in [0.1, 0.15) is 5.82 Å². The fourth-order valence-corrected chi connectivity index (χ4v) is 1.32. The molecule has 1 amide bonds. The van der Waals surface area contributed by atoms with E-state index in [1.165, 1.54) is 0 Å². The molecule has 106 valence electrons. The summed E-state index contributed by atoms with van der Waals surface area (Å²) in [4.78, 5) is 11.6. The van der Waals surface area contributed by atoms with Gasteiger partial charge in [0.2, 0.25) is 5.91 Å². The van der Waals surface area contributed by atoms with Crippen LogP contribution >= 0.6 is 0 Å². The van der Waals surface area contributed by atoms with E-state index in [0.717, 1.165) is 6.07 Å². The number of amides is 1. The molecule has 1 aromatic rings. The van der Waals surface area contributed by atoms with Crippen LogP contribution in [0.2, 0.25) is 0 Å². The number of carbonyl (C=O) groups excluding carboxylic acids is 1. The summed E-state index contributed by atoms with van der Waals surface area (Å²) in [6.07, 6.45) is -4.81. The highest BCUT2D eigenvalue weighted by Crippen LogP contribution is 2.33. The molecule has 0 saturated carbocycles. The Morgan fingerprint density at radius 3 is 2.37 bits per heavy atom. The lowest BCUT2D eigenvalue weighted by molar-refractivity contribution is -0.140. The van der Waals surface area contributed by atoms with Crippen molar-refractivity contribution in [3.05, 3.63) is 29.6 Å². The molecule has 0 heterocycles. The molecule has 0 bridgehead atoms. The number of anilines is 1. The maximum absolute atomic E-state index is 13.0. The Hall–Kier alpha value is -1.63. The molecule has 1 aromatic carbocycles. The van der Waals surface area contributed by atoms with Crippen molar-refractivity contribution in [2.45, 2.75) is 26.1 Å². The van der Waals surface area contributed by atoms with E-state index in [1.807, 2.05) is 0 Å². The smallest absolute Gasteiger partial charge is 0.327 e. The fourth-order valence-electron chi connectivity index (χ4n) is 1.32. The van der Waals surface area contributed by atoms with Gasteiger partial charge in [-0.2, -0.15) is 13.2 Å². The summed E-state index contributed by atoms with van der Waals surface area (Å²) in [6, 6.07) is 1.84. The molecule has 0 aliphatic rings. The zero-order valence-electron chi connectivity index (χ0n) is 10.4. The summed E-state index contributed by atoms with van der Waals surface area (Å²) in [5, 5.41) is 2.28. The van der Waals surface area contributed by atoms with Gasteiger partial charge in [0.25, 0.3) is 0 Å². The van der Waals surface area contributed by atoms with E-state index in [0.29, 0.717) is 12.1 Å². The molecule has 0 aromatic heterocycles. The first-order valence-corrected chi connectivity index (χ1v) is 5.56. The first kappa shape index (κ1) is 15.4. The van der Waals surface area contributed by atoms with Crippen molar-refractivity contribution in [3.8, 4) is 0 Å². The van der Waals surface area contributed by atoms with Crippen LogP contribution in [0.4, 0.5) is 23.2 Å². The first-order valence-electron chi connectivity index (χ1n) is 5.56. The Balaban J connectivity index is 2.95. The van der Waals surface area contributed by atoms with Gasteiger partial charge in [0, 0.05) is 11.7 Å². The summed E-state index contributed by atoms with van der Waals surface area (Å²) in [7, 11) is 0. The molecule has 0 aliphatic heterocycles.